The lowest BCUT2D eigenvalue weighted by Gasteiger charge is -2.40. The van der Waals surface area contributed by atoms with Crippen LogP contribution in [0.4, 0.5) is 0 Å². The predicted octanol–water partition coefficient (Wildman–Crippen LogP) is 7.69. The summed E-state index contributed by atoms with van der Waals surface area (Å²) < 4.78 is 20.2. The number of hydrogen-bond acceptors (Lipinski definition) is 3. The molecular weight excluding hydrogens is 460 g/mol. The van der Waals surface area contributed by atoms with Gasteiger partial charge in [-0.15, -0.1) is 0 Å². The van der Waals surface area contributed by atoms with E-state index < -0.39 is 22.4 Å². The summed E-state index contributed by atoms with van der Waals surface area (Å²) in [5, 5.41) is 0.816. The molecule has 1 atom stereocenters. The van der Waals surface area contributed by atoms with Crippen LogP contribution in [0.2, 0.25) is 41.3 Å². The fourth-order valence-corrected chi connectivity index (χ4v) is 5.69. The van der Waals surface area contributed by atoms with Crippen LogP contribution < -0.4 is 4.43 Å². The molecule has 3 nitrogen and oxygen atoms in total. The van der Waals surface area contributed by atoms with Gasteiger partial charge in [-0.25, -0.2) is 0 Å². The highest BCUT2D eigenvalue weighted by atomic mass is 79.9. The second-order valence-corrected chi connectivity index (χ2v) is 21.3. The molecule has 0 radical (unpaired) electrons. The summed E-state index contributed by atoms with van der Waals surface area (Å²) in [7, 11) is -4.09. The molecule has 27 heavy (non-hydrogen) atoms. The van der Waals surface area contributed by atoms with Crippen LogP contribution in [0.5, 0.6) is 5.75 Å². The molecular formula is C20H34BrClO3Si2. The van der Waals surface area contributed by atoms with Crippen LogP contribution >= 0.6 is 27.5 Å². The van der Waals surface area contributed by atoms with Gasteiger partial charge in [0.1, 0.15) is 12.4 Å². The molecule has 1 aliphatic rings. The van der Waals surface area contributed by atoms with E-state index in [4.69, 9.17) is 25.2 Å². The van der Waals surface area contributed by atoms with Gasteiger partial charge in [0.25, 0.3) is 8.32 Å². The molecule has 0 bridgehead atoms. The van der Waals surface area contributed by atoms with Crippen molar-refractivity contribution in [1.29, 1.82) is 0 Å². The van der Waals surface area contributed by atoms with Gasteiger partial charge in [0, 0.05) is 5.02 Å². The van der Waals surface area contributed by atoms with Crippen LogP contribution in [0.3, 0.4) is 0 Å². The molecule has 1 aromatic carbocycles. The number of rotatable bonds is 5. The van der Waals surface area contributed by atoms with Crippen molar-refractivity contribution in [3.05, 3.63) is 27.2 Å². The zero-order valence-electron chi connectivity index (χ0n) is 18.3. The monoisotopic (exact) mass is 492 g/mol. The smallest absolute Gasteiger partial charge is 0.250 e. The summed E-state index contributed by atoms with van der Waals surface area (Å²) in [5.74, 6) is 0.0518. The molecule has 1 unspecified atom stereocenters. The van der Waals surface area contributed by atoms with Crippen LogP contribution in [0.25, 0.3) is 0 Å². The molecule has 0 amide bonds. The quantitative estimate of drug-likeness (QED) is 0.311. The van der Waals surface area contributed by atoms with Crippen molar-refractivity contribution in [2.75, 3.05) is 6.61 Å². The molecule has 1 aliphatic heterocycles. The van der Waals surface area contributed by atoms with E-state index in [0.717, 1.165) is 15.8 Å². The van der Waals surface area contributed by atoms with E-state index in [1.807, 2.05) is 12.1 Å². The fraction of sp³-hybridized carbons (Fsp3) is 0.700. The Kier molecular flexibility index (Phi) is 6.19. The van der Waals surface area contributed by atoms with Crippen LogP contribution in [0, 0.1) is 0 Å². The summed E-state index contributed by atoms with van der Waals surface area (Å²) in [6, 6.07) is 3.82. The molecule has 154 valence electrons. The molecule has 0 N–H and O–H groups in total. The third kappa shape index (κ3) is 4.83. The topological polar surface area (TPSA) is 31.0 Å². The Hall–Kier alpha value is 0.144. The van der Waals surface area contributed by atoms with Crippen molar-refractivity contribution < 1.29 is 13.6 Å². The third-order valence-corrected chi connectivity index (χ3v) is 15.8. The van der Waals surface area contributed by atoms with Crippen molar-refractivity contribution in [3.63, 3.8) is 0 Å². The molecule has 1 aromatic rings. The Morgan fingerprint density at radius 1 is 1.00 bits per heavy atom. The van der Waals surface area contributed by atoms with E-state index in [2.05, 4.69) is 83.7 Å². The number of halogens is 2. The Morgan fingerprint density at radius 2 is 1.48 bits per heavy atom. The van der Waals surface area contributed by atoms with Crippen LogP contribution in [0.15, 0.2) is 16.6 Å². The lowest BCUT2D eigenvalue weighted by Crippen LogP contribution is -2.46. The minimum atomic E-state index is -2.05. The van der Waals surface area contributed by atoms with Gasteiger partial charge in [0.15, 0.2) is 8.32 Å². The molecule has 7 heteroatoms. The zero-order chi connectivity index (χ0) is 21.1. The molecule has 0 spiro atoms. The average Bonchev–Trinajstić information content (AvgIpc) is 3.18. The van der Waals surface area contributed by atoms with Gasteiger partial charge < -0.3 is 13.6 Å². The van der Waals surface area contributed by atoms with E-state index in [-0.39, 0.29) is 10.1 Å². The largest absolute Gasteiger partial charge is 0.542 e. The van der Waals surface area contributed by atoms with E-state index in [9.17, 15) is 0 Å². The van der Waals surface area contributed by atoms with E-state index in [1.165, 1.54) is 0 Å². The van der Waals surface area contributed by atoms with Crippen LogP contribution in [0.1, 0.15) is 47.1 Å². The molecule has 1 heterocycles. The van der Waals surface area contributed by atoms with Crippen molar-refractivity contribution in [2.45, 2.75) is 83.6 Å². The van der Waals surface area contributed by atoms with Crippen molar-refractivity contribution in [3.8, 4) is 5.75 Å². The first-order valence-corrected chi connectivity index (χ1v) is 16.4. The first-order chi connectivity index (χ1) is 11.9. The van der Waals surface area contributed by atoms with Gasteiger partial charge in [-0.05, 0) is 64.3 Å². The summed E-state index contributed by atoms with van der Waals surface area (Å²) in [6.07, 6.45) is 0. The standard InChI is InChI=1S/C20H34BrClO3Si2/c1-18(2,3)26(7,8)24-17-15(11-14(22)12-16(17)21)20(13-23-20)25-27(9,10)19(4,5)6/h11-12H,13H2,1-10H3. The third-order valence-electron chi connectivity index (χ3n) is 6.21. The van der Waals surface area contributed by atoms with Crippen LogP contribution in [-0.4, -0.2) is 23.2 Å². The predicted molar refractivity (Wildman–Crippen MR) is 123 cm³/mol. The number of ether oxygens (including phenoxy) is 1. The maximum atomic E-state index is 6.71. The Morgan fingerprint density at radius 3 is 1.89 bits per heavy atom. The second kappa shape index (κ2) is 7.13. The fourth-order valence-electron chi connectivity index (χ4n) is 2.26. The number of benzene rings is 1. The van der Waals surface area contributed by atoms with Crippen molar-refractivity contribution >= 4 is 44.2 Å². The highest BCUT2D eigenvalue weighted by Gasteiger charge is 2.56. The average molecular weight is 494 g/mol. The maximum Gasteiger partial charge on any atom is 0.250 e. The maximum absolute atomic E-state index is 6.71. The lowest BCUT2D eigenvalue weighted by molar-refractivity contribution is 0.0435. The van der Waals surface area contributed by atoms with E-state index in [1.54, 1.807) is 0 Å². The molecule has 0 aromatic heterocycles. The van der Waals surface area contributed by atoms with E-state index >= 15 is 0 Å². The van der Waals surface area contributed by atoms with Gasteiger partial charge in [-0.2, -0.15) is 0 Å². The van der Waals surface area contributed by atoms with Gasteiger partial charge in [0.2, 0.25) is 5.79 Å². The van der Waals surface area contributed by atoms with Crippen molar-refractivity contribution in [1.82, 2.24) is 0 Å². The minimum absolute atomic E-state index is 0.0845. The molecule has 1 fully saturated rings. The van der Waals surface area contributed by atoms with Crippen molar-refractivity contribution in [2.24, 2.45) is 0 Å². The van der Waals surface area contributed by atoms with Crippen LogP contribution in [-0.2, 0) is 14.9 Å². The Balaban J connectivity index is 2.52. The Labute approximate surface area is 180 Å². The second-order valence-electron chi connectivity index (χ2n) is 10.5. The highest BCUT2D eigenvalue weighted by Crippen LogP contribution is 2.53. The lowest BCUT2D eigenvalue weighted by atomic mass is 10.1. The van der Waals surface area contributed by atoms with Gasteiger partial charge in [0.05, 0.1) is 10.0 Å². The normalized spacial score (nSPS) is 21.3. The van der Waals surface area contributed by atoms with Gasteiger partial charge >= 0.3 is 0 Å². The summed E-state index contributed by atoms with van der Waals surface area (Å²) in [5.41, 5.74) is 0.900. The first-order valence-electron chi connectivity index (χ1n) is 9.45. The van der Waals surface area contributed by atoms with Gasteiger partial charge in [-0.3, -0.25) is 0 Å². The first kappa shape index (κ1) is 23.4. The zero-order valence-corrected chi connectivity index (χ0v) is 22.7. The van der Waals surface area contributed by atoms with E-state index in [0.29, 0.717) is 11.6 Å². The summed E-state index contributed by atoms with van der Waals surface area (Å²) in [4.78, 5) is 0. The number of hydrogen-bond donors (Lipinski definition) is 0. The van der Waals surface area contributed by atoms with Gasteiger partial charge in [-0.1, -0.05) is 53.1 Å². The summed E-state index contributed by atoms with van der Waals surface area (Å²) in [6.45, 7) is 22.9. The minimum Gasteiger partial charge on any atom is -0.542 e. The Bertz CT molecular complexity index is 717. The molecule has 1 saturated heterocycles. The summed E-state index contributed by atoms with van der Waals surface area (Å²) >= 11 is 10.1. The number of epoxide rings is 1. The SMILES string of the molecule is CC(C)(C)[Si](C)(C)Oc1c(Br)cc(Cl)cc1C1(O[Si](C)(C)C(C)(C)C)CO1. The molecule has 0 aliphatic carbocycles. The molecule has 2 rings (SSSR count). The molecule has 0 saturated carbocycles. The highest BCUT2D eigenvalue weighted by molar-refractivity contribution is 9.10.